The van der Waals surface area contributed by atoms with E-state index in [1.165, 1.54) is 30.5 Å². The Morgan fingerprint density at radius 1 is 1.23 bits per heavy atom. The van der Waals surface area contributed by atoms with Gasteiger partial charge in [0.1, 0.15) is 5.56 Å². The van der Waals surface area contributed by atoms with Crippen LogP contribution in [-0.2, 0) is 33.5 Å². The maximum Gasteiger partial charge on any atom is 0.261 e. The Morgan fingerprint density at radius 2 is 2.00 bits per heavy atom. The third kappa shape index (κ3) is 2.89. The number of aryl methyl sites for hydroxylation is 2. The number of amides is 1. The quantitative estimate of drug-likeness (QED) is 0.823. The standard InChI is InChI=1S/C19H27N5O2/c1-22-11-15(18(21-22)26-3)19(25)24(13-7-4-5-8-13)12-16-14-9-6-10-17(14)23(2)20-16/h11,13H,4-10,12H2,1-3H3. The number of aromatic nitrogens is 4. The molecule has 2 heterocycles. The molecule has 0 bridgehead atoms. The molecular weight excluding hydrogens is 330 g/mol. The number of nitrogens with zero attached hydrogens (tertiary/aromatic N) is 5. The Balaban J connectivity index is 1.66. The molecule has 7 heteroatoms. The molecule has 2 aromatic rings. The van der Waals surface area contributed by atoms with Crippen molar-refractivity contribution in [3.63, 3.8) is 0 Å². The molecule has 140 valence electrons. The van der Waals surface area contributed by atoms with E-state index in [2.05, 4.69) is 5.10 Å². The highest BCUT2D eigenvalue weighted by molar-refractivity contribution is 5.96. The summed E-state index contributed by atoms with van der Waals surface area (Å²) in [5.41, 5.74) is 4.27. The molecule has 26 heavy (non-hydrogen) atoms. The number of rotatable bonds is 5. The molecule has 0 aromatic carbocycles. The van der Waals surface area contributed by atoms with Crippen molar-refractivity contribution in [2.24, 2.45) is 14.1 Å². The highest BCUT2D eigenvalue weighted by Crippen LogP contribution is 2.31. The fourth-order valence-electron chi connectivity index (χ4n) is 4.49. The maximum absolute atomic E-state index is 13.4. The minimum atomic E-state index is -0.000694. The van der Waals surface area contributed by atoms with Crippen LogP contribution in [0, 0.1) is 0 Å². The van der Waals surface area contributed by atoms with Crippen LogP contribution in [0.4, 0.5) is 0 Å². The highest BCUT2D eigenvalue weighted by atomic mass is 16.5. The second kappa shape index (κ2) is 6.78. The van der Waals surface area contributed by atoms with E-state index < -0.39 is 0 Å². The van der Waals surface area contributed by atoms with Gasteiger partial charge in [0, 0.05) is 32.0 Å². The molecule has 0 unspecified atom stereocenters. The molecular formula is C19H27N5O2. The van der Waals surface area contributed by atoms with E-state index in [1.807, 2.05) is 23.7 Å². The van der Waals surface area contributed by atoms with Crippen LogP contribution < -0.4 is 4.74 Å². The van der Waals surface area contributed by atoms with Crippen LogP contribution >= 0.6 is 0 Å². The van der Waals surface area contributed by atoms with Gasteiger partial charge in [-0.15, -0.1) is 5.10 Å². The molecule has 0 atom stereocenters. The highest BCUT2D eigenvalue weighted by Gasteiger charge is 2.32. The molecule has 1 amide bonds. The Bertz CT molecular complexity index is 816. The molecule has 2 aliphatic rings. The summed E-state index contributed by atoms with van der Waals surface area (Å²) >= 11 is 0. The third-order valence-electron chi connectivity index (χ3n) is 5.76. The van der Waals surface area contributed by atoms with Crippen molar-refractivity contribution in [1.82, 2.24) is 24.5 Å². The summed E-state index contributed by atoms with van der Waals surface area (Å²) in [4.78, 5) is 15.4. The van der Waals surface area contributed by atoms with Gasteiger partial charge in [-0.3, -0.25) is 14.2 Å². The number of hydrogen-bond donors (Lipinski definition) is 0. The molecule has 7 nitrogen and oxygen atoms in total. The summed E-state index contributed by atoms with van der Waals surface area (Å²) in [6.07, 6.45) is 9.58. The van der Waals surface area contributed by atoms with Gasteiger partial charge in [0.25, 0.3) is 5.91 Å². The van der Waals surface area contributed by atoms with Crippen molar-refractivity contribution in [3.8, 4) is 5.88 Å². The van der Waals surface area contributed by atoms with Crippen molar-refractivity contribution in [3.05, 3.63) is 28.7 Å². The van der Waals surface area contributed by atoms with Gasteiger partial charge in [-0.05, 0) is 37.7 Å². The van der Waals surface area contributed by atoms with Gasteiger partial charge in [-0.1, -0.05) is 12.8 Å². The monoisotopic (exact) mass is 357 g/mol. The molecule has 0 saturated heterocycles. The largest absolute Gasteiger partial charge is 0.479 e. The van der Waals surface area contributed by atoms with Crippen molar-refractivity contribution >= 4 is 5.91 Å². The maximum atomic E-state index is 13.4. The number of methoxy groups -OCH3 is 1. The zero-order valence-electron chi connectivity index (χ0n) is 15.9. The molecule has 0 N–H and O–H groups in total. The lowest BCUT2D eigenvalue weighted by atomic mass is 10.1. The summed E-state index contributed by atoms with van der Waals surface area (Å²) in [5, 5.41) is 8.99. The zero-order valence-corrected chi connectivity index (χ0v) is 15.9. The first kappa shape index (κ1) is 17.1. The van der Waals surface area contributed by atoms with Crippen molar-refractivity contribution < 1.29 is 9.53 Å². The van der Waals surface area contributed by atoms with E-state index in [4.69, 9.17) is 9.84 Å². The van der Waals surface area contributed by atoms with E-state index >= 15 is 0 Å². The fourth-order valence-corrected chi connectivity index (χ4v) is 4.49. The van der Waals surface area contributed by atoms with Crippen molar-refractivity contribution in [2.75, 3.05) is 7.11 Å². The normalized spacial score (nSPS) is 16.9. The van der Waals surface area contributed by atoms with Crippen LogP contribution in [0.25, 0.3) is 0 Å². The average Bonchev–Trinajstić information content (AvgIpc) is 3.39. The van der Waals surface area contributed by atoms with E-state index in [1.54, 1.807) is 18.0 Å². The summed E-state index contributed by atoms with van der Waals surface area (Å²) < 4.78 is 8.97. The topological polar surface area (TPSA) is 65.2 Å². The zero-order chi connectivity index (χ0) is 18.3. The van der Waals surface area contributed by atoms with Crippen LogP contribution in [0.2, 0.25) is 0 Å². The summed E-state index contributed by atoms with van der Waals surface area (Å²) in [6.45, 7) is 0.574. The van der Waals surface area contributed by atoms with Gasteiger partial charge in [0.2, 0.25) is 5.88 Å². The average molecular weight is 357 g/mol. The fraction of sp³-hybridized carbons (Fsp3) is 0.632. The lowest BCUT2D eigenvalue weighted by Gasteiger charge is -2.28. The van der Waals surface area contributed by atoms with Crippen LogP contribution in [-0.4, -0.2) is 43.5 Å². The predicted octanol–water partition coefficient (Wildman–Crippen LogP) is 2.24. The molecule has 0 radical (unpaired) electrons. The van der Waals surface area contributed by atoms with Crippen molar-refractivity contribution in [1.29, 1.82) is 0 Å². The smallest absolute Gasteiger partial charge is 0.261 e. The third-order valence-corrected chi connectivity index (χ3v) is 5.76. The molecule has 2 aliphatic carbocycles. The first-order chi connectivity index (χ1) is 12.6. The lowest BCUT2D eigenvalue weighted by Crippen LogP contribution is -2.38. The SMILES string of the molecule is COc1nn(C)cc1C(=O)N(Cc1nn(C)c2c1CCC2)C1CCCC1. The van der Waals surface area contributed by atoms with Gasteiger partial charge < -0.3 is 9.64 Å². The van der Waals surface area contributed by atoms with E-state index in [-0.39, 0.29) is 11.9 Å². The Morgan fingerprint density at radius 3 is 2.73 bits per heavy atom. The summed E-state index contributed by atoms with van der Waals surface area (Å²) in [7, 11) is 5.38. The minimum absolute atomic E-state index is 0.000694. The predicted molar refractivity (Wildman–Crippen MR) is 97.1 cm³/mol. The molecule has 1 fully saturated rings. The van der Waals surface area contributed by atoms with Gasteiger partial charge in [-0.2, -0.15) is 5.10 Å². The first-order valence-corrected chi connectivity index (χ1v) is 9.50. The Labute approximate surface area is 153 Å². The number of carbonyl (C=O) groups excluding carboxylic acids is 1. The van der Waals surface area contributed by atoms with E-state index in [9.17, 15) is 4.79 Å². The number of carbonyl (C=O) groups is 1. The summed E-state index contributed by atoms with van der Waals surface area (Å²) in [5.74, 6) is 0.394. The number of fused-ring (bicyclic) bond motifs is 1. The Hall–Kier alpha value is -2.31. The number of ether oxygens (including phenoxy) is 1. The second-order valence-corrected chi connectivity index (χ2v) is 7.45. The Kier molecular flexibility index (Phi) is 4.46. The van der Waals surface area contributed by atoms with Gasteiger partial charge in [-0.25, -0.2) is 0 Å². The summed E-state index contributed by atoms with van der Waals surface area (Å²) in [6, 6.07) is 0.270. The number of hydrogen-bond acceptors (Lipinski definition) is 4. The van der Waals surface area contributed by atoms with Crippen molar-refractivity contribution in [2.45, 2.75) is 57.5 Å². The molecule has 2 aromatic heterocycles. The van der Waals surface area contributed by atoms with Crippen LogP contribution in [0.15, 0.2) is 6.20 Å². The molecule has 1 saturated carbocycles. The minimum Gasteiger partial charge on any atom is -0.479 e. The van der Waals surface area contributed by atoms with E-state index in [0.717, 1.165) is 31.4 Å². The van der Waals surface area contributed by atoms with Gasteiger partial charge in [0.15, 0.2) is 0 Å². The second-order valence-electron chi connectivity index (χ2n) is 7.45. The molecule has 0 spiro atoms. The van der Waals surface area contributed by atoms with Gasteiger partial charge >= 0.3 is 0 Å². The van der Waals surface area contributed by atoms with E-state index in [0.29, 0.717) is 18.0 Å². The van der Waals surface area contributed by atoms with Crippen LogP contribution in [0.5, 0.6) is 5.88 Å². The van der Waals surface area contributed by atoms with Crippen LogP contribution in [0.1, 0.15) is 59.4 Å². The van der Waals surface area contributed by atoms with Crippen LogP contribution in [0.3, 0.4) is 0 Å². The molecule has 0 aliphatic heterocycles. The first-order valence-electron chi connectivity index (χ1n) is 9.50. The van der Waals surface area contributed by atoms with Gasteiger partial charge in [0.05, 0.1) is 19.3 Å². The lowest BCUT2D eigenvalue weighted by molar-refractivity contribution is 0.0657. The molecule has 4 rings (SSSR count).